The van der Waals surface area contributed by atoms with E-state index in [9.17, 15) is 9.59 Å². The highest BCUT2D eigenvalue weighted by molar-refractivity contribution is 6.30. The number of benzene rings is 3. The minimum absolute atomic E-state index is 0.107. The van der Waals surface area contributed by atoms with Crippen molar-refractivity contribution in [1.82, 2.24) is 5.32 Å². The van der Waals surface area contributed by atoms with Crippen molar-refractivity contribution >= 4 is 23.7 Å². The molecule has 0 spiro atoms. The summed E-state index contributed by atoms with van der Waals surface area (Å²) in [4.78, 5) is 24.3. The molecule has 1 atom stereocenters. The van der Waals surface area contributed by atoms with E-state index in [1.165, 1.54) is 7.11 Å². The molecule has 0 aromatic heterocycles. The average molecular weight is 440 g/mol. The Morgan fingerprint density at radius 2 is 1.65 bits per heavy atom. The molecule has 0 unspecified atom stereocenters. The standard InChI is InChI=1S/C24H22ClNO5/c1-29-23(27)22(26-24(28)30-16-18-6-3-2-4-7-18)14-17-10-12-20(13-11-17)31-21-9-5-8-19(25)15-21/h2-13,15,22H,14,16H2,1H3,(H,26,28)/t22-/m0/s1. The third-order valence-electron chi connectivity index (χ3n) is 4.39. The second-order valence-electron chi connectivity index (χ2n) is 6.69. The monoisotopic (exact) mass is 439 g/mol. The predicted molar refractivity (Wildman–Crippen MR) is 117 cm³/mol. The summed E-state index contributed by atoms with van der Waals surface area (Å²) in [6, 6.07) is 22.7. The zero-order valence-electron chi connectivity index (χ0n) is 16.9. The van der Waals surface area contributed by atoms with Crippen molar-refractivity contribution in [1.29, 1.82) is 0 Å². The minimum atomic E-state index is -0.882. The third-order valence-corrected chi connectivity index (χ3v) is 4.62. The van der Waals surface area contributed by atoms with E-state index < -0.39 is 18.1 Å². The average Bonchev–Trinajstić information content (AvgIpc) is 2.79. The van der Waals surface area contributed by atoms with Crippen LogP contribution in [0.5, 0.6) is 11.5 Å². The van der Waals surface area contributed by atoms with E-state index >= 15 is 0 Å². The Hall–Kier alpha value is -3.51. The summed E-state index contributed by atoms with van der Waals surface area (Å²) >= 11 is 5.97. The summed E-state index contributed by atoms with van der Waals surface area (Å²) in [5.41, 5.74) is 1.67. The maximum Gasteiger partial charge on any atom is 0.408 e. The smallest absolute Gasteiger partial charge is 0.408 e. The Balaban J connectivity index is 1.58. The number of hydrogen-bond acceptors (Lipinski definition) is 5. The number of ether oxygens (including phenoxy) is 3. The van der Waals surface area contributed by atoms with Crippen LogP contribution in [0.25, 0.3) is 0 Å². The second-order valence-corrected chi connectivity index (χ2v) is 7.13. The summed E-state index contributed by atoms with van der Waals surface area (Å²) in [7, 11) is 1.27. The SMILES string of the molecule is COC(=O)[C@H](Cc1ccc(Oc2cccc(Cl)c2)cc1)NC(=O)OCc1ccccc1. The van der Waals surface area contributed by atoms with Gasteiger partial charge in [0, 0.05) is 11.4 Å². The van der Waals surface area contributed by atoms with E-state index in [0.29, 0.717) is 16.5 Å². The van der Waals surface area contributed by atoms with Crippen LogP contribution in [0.4, 0.5) is 4.79 Å². The number of amides is 1. The van der Waals surface area contributed by atoms with Crippen LogP contribution < -0.4 is 10.1 Å². The van der Waals surface area contributed by atoms with Crippen LogP contribution in [-0.4, -0.2) is 25.2 Å². The molecule has 0 heterocycles. The highest BCUT2D eigenvalue weighted by Crippen LogP contribution is 2.24. The normalized spacial score (nSPS) is 11.3. The van der Waals surface area contributed by atoms with E-state index in [2.05, 4.69) is 5.32 Å². The van der Waals surface area contributed by atoms with Crippen LogP contribution in [-0.2, 0) is 27.3 Å². The van der Waals surface area contributed by atoms with Crippen molar-refractivity contribution in [3.8, 4) is 11.5 Å². The lowest BCUT2D eigenvalue weighted by Crippen LogP contribution is -2.43. The third kappa shape index (κ3) is 7.04. The van der Waals surface area contributed by atoms with E-state index in [1.54, 1.807) is 36.4 Å². The Morgan fingerprint density at radius 1 is 0.903 bits per heavy atom. The van der Waals surface area contributed by atoms with Gasteiger partial charge in [-0.15, -0.1) is 0 Å². The number of halogens is 1. The van der Waals surface area contributed by atoms with Gasteiger partial charge in [-0.2, -0.15) is 0 Å². The number of alkyl carbamates (subject to hydrolysis) is 1. The van der Waals surface area contributed by atoms with Crippen molar-refractivity contribution in [2.75, 3.05) is 7.11 Å². The molecule has 7 heteroatoms. The first-order valence-corrected chi connectivity index (χ1v) is 9.98. The Kier molecular flexibility index (Phi) is 7.90. The van der Waals surface area contributed by atoms with Gasteiger partial charge in [0.2, 0.25) is 0 Å². The Bertz CT molecular complexity index is 1010. The first-order chi connectivity index (χ1) is 15.0. The highest BCUT2D eigenvalue weighted by atomic mass is 35.5. The maximum atomic E-state index is 12.2. The van der Waals surface area contributed by atoms with Gasteiger partial charge in [-0.3, -0.25) is 0 Å². The fourth-order valence-electron chi connectivity index (χ4n) is 2.84. The van der Waals surface area contributed by atoms with Gasteiger partial charge in [-0.25, -0.2) is 9.59 Å². The lowest BCUT2D eigenvalue weighted by Gasteiger charge is -2.17. The molecular formula is C24H22ClNO5. The van der Waals surface area contributed by atoms with Crippen LogP contribution in [0.15, 0.2) is 78.9 Å². The molecule has 0 fully saturated rings. The number of carbonyl (C=O) groups is 2. The molecule has 31 heavy (non-hydrogen) atoms. The lowest BCUT2D eigenvalue weighted by molar-refractivity contribution is -0.143. The van der Waals surface area contributed by atoms with Gasteiger partial charge >= 0.3 is 12.1 Å². The minimum Gasteiger partial charge on any atom is -0.467 e. The summed E-state index contributed by atoms with van der Waals surface area (Å²) in [6.45, 7) is 0.107. The quantitative estimate of drug-likeness (QED) is 0.492. The molecule has 6 nitrogen and oxygen atoms in total. The number of carbonyl (C=O) groups excluding carboxylic acids is 2. The fraction of sp³-hybridized carbons (Fsp3) is 0.167. The van der Waals surface area contributed by atoms with Crippen molar-refractivity contribution in [2.45, 2.75) is 19.1 Å². The van der Waals surface area contributed by atoms with E-state index in [-0.39, 0.29) is 13.0 Å². The van der Waals surface area contributed by atoms with E-state index in [4.69, 9.17) is 25.8 Å². The molecule has 1 amide bonds. The number of nitrogens with one attached hydrogen (secondary N) is 1. The first-order valence-electron chi connectivity index (χ1n) is 9.61. The largest absolute Gasteiger partial charge is 0.467 e. The lowest BCUT2D eigenvalue weighted by atomic mass is 10.1. The molecule has 1 N–H and O–H groups in total. The fourth-order valence-corrected chi connectivity index (χ4v) is 3.02. The summed E-state index contributed by atoms with van der Waals surface area (Å²) in [6.07, 6.45) is -0.454. The molecule has 0 aliphatic heterocycles. The molecule has 0 aliphatic carbocycles. The molecule has 3 aromatic rings. The Labute approximate surface area is 185 Å². The zero-order valence-corrected chi connectivity index (χ0v) is 17.7. The second kappa shape index (κ2) is 11.0. The molecular weight excluding hydrogens is 418 g/mol. The Morgan fingerprint density at radius 3 is 2.32 bits per heavy atom. The van der Waals surface area contributed by atoms with Gasteiger partial charge in [-0.05, 0) is 41.5 Å². The van der Waals surface area contributed by atoms with Crippen molar-refractivity contribution in [2.24, 2.45) is 0 Å². The molecule has 3 aromatic carbocycles. The number of methoxy groups -OCH3 is 1. The topological polar surface area (TPSA) is 73.9 Å². The van der Waals surface area contributed by atoms with Crippen LogP contribution >= 0.6 is 11.6 Å². The van der Waals surface area contributed by atoms with Gasteiger partial charge < -0.3 is 19.5 Å². The molecule has 3 rings (SSSR count). The number of rotatable bonds is 8. The molecule has 0 saturated carbocycles. The highest BCUT2D eigenvalue weighted by Gasteiger charge is 2.22. The zero-order chi connectivity index (χ0) is 22.1. The molecule has 0 aliphatic rings. The van der Waals surface area contributed by atoms with Crippen LogP contribution in [0.3, 0.4) is 0 Å². The maximum absolute atomic E-state index is 12.2. The number of hydrogen-bond donors (Lipinski definition) is 1. The summed E-state index contributed by atoms with van der Waals surface area (Å²) < 4.78 is 15.8. The molecule has 0 radical (unpaired) electrons. The molecule has 0 saturated heterocycles. The van der Waals surface area contributed by atoms with E-state index in [1.807, 2.05) is 42.5 Å². The number of esters is 1. The van der Waals surface area contributed by atoms with Gasteiger partial charge in [0.05, 0.1) is 7.11 Å². The molecule has 0 bridgehead atoms. The predicted octanol–water partition coefficient (Wildman–Crippen LogP) is 5.14. The van der Waals surface area contributed by atoms with Crippen LogP contribution in [0, 0.1) is 0 Å². The van der Waals surface area contributed by atoms with Crippen molar-refractivity contribution < 1.29 is 23.8 Å². The van der Waals surface area contributed by atoms with E-state index in [0.717, 1.165) is 11.1 Å². The van der Waals surface area contributed by atoms with Gasteiger partial charge in [0.25, 0.3) is 0 Å². The summed E-state index contributed by atoms with van der Waals surface area (Å²) in [5.74, 6) is 0.683. The van der Waals surface area contributed by atoms with Crippen LogP contribution in [0.1, 0.15) is 11.1 Å². The van der Waals surface area contributed by atoms with Gasteiger partial charge in [-0.1, -0.05) is 60.1 Å². The van der Waals surface area contributed by atoms with Crippen LogP contribution in [0.2, 0.25) is 5.02 Å². The summed E-state index contributed by atoms with van der Waals surface area (Å²) in [5, 5.41) is 3.15. The molecule has 160 valence electrons. The van der Waals surface area contributed by atoms with Crippen molar-refractivity contribution in [3.63, 3.8) is 0 Å². The van der Waals surface area contributed by atoms with Crippen molar-refractivity contribution in [3.05, 3.63) is 95.0 Å². The first kappa shape index (κ1) is 22.2. The van der Waals surface area contributed by atoms with Gasteiger partial charge in [0.1, 0.15) is 24.1 Å². The van der Waals surface area contributed by atoms with Gasteiger partial charge in [0.15, 0.2) is 0 Å².